The molecule has 0 unspecified atom stereocenters. The molecular weight excluding hydrogens is 222 g/mol. The number of rotatable bonds is 5. The largest absolute Gasteiger partial charge is 0.377 e. The van der Waals surface area contributed by atoms with Gasteiger partial charge in [-0.05, 0) is 26.0 Å². The van der Waals surface area contributed by atoms with Gasteiger partial charge in [-0.25, -0.2) is 8.42 Å². The zero-order chi connectivity index (χ0) is 12.0. The molecular formula is C12H17NO2S. The van der Waals surface area contributed by atoms with Gasteiger partial charge in [-0.2, -0.15) is 0 Å². The highest BCUT2D eigenvalue weighted by Crippen LogP contribution is 2.11. The molecule has 1 aromatic carbocycles. The maximum Gasteiger partial charge on any atom is 0.201 e. The van der Waals surface area contributed by atoms with Crippen molar-refractivity contribution in [3.8, 4) is 0 Å². The molecule has 0 fully saturated rings. The molecule has 0 radical (unpaired) electrons. The van der Waals surface area contributed by atoms with Crippen LogP contribution in [0.2, 0.25) is 0 Å². The van der Waals surface area contributed by atoms with Crippen molar-refractivity contribution in [2.75, 3.05) is 13.1 Å². The van der Waals surface area contributed by atoms with Crippen molar-refractivity contribution in [2.24, 2.45) is 0 Å². The molecule has 4 heteroatoms. The van der Waals surface area contributed by atoms with Crippen LogP contribution in [0.1, 0.15) is 13.8 Å². The predicted octanol–water partition coefficient (Wildman–Crippen LogP) is 2.27. The monoisotopic (exact) mass is 239 g/mol. The van der Waals surface area contributed by atoms with E-state index in [1.807, 2.05) is 18.7 Å². The molecule has 16 heavy (non-hydrogen) atoms. The lowest BCUT2D eigenvalue weighted by Crippen LogP contribution is -2.15. The SMILES string of the molecule is CCN(C=CS(=O)(=O)c1ccccc1)CC. The Morgan fingerprint density at radius 1 is 1.12 bits per heavy atom. The lowest BCUT2D eigenvalue weighted by atomic mass is 10.4. The fraction of sp³-hybridized carbons (Fsp3) is 0.333. The van der Waals surface area contributed by atoms with Gasteiger partial charge in [-0.15, -0.1) is 0 Å². The third kappa shape index (κ3) is 3.38. The van der Waals surface area contributed by atoms with Crippen LogP contribution in [0.4, 0.5) is 0 Å². The fourth-order valence-corrected chi connectivity index (χ4v) is 2.32. The van der Waals surface area contributed by atoms with Crippen molar-refractivity contribution >= 4 is 9.84 Å². The van der Waals surface area contributed by atoms with Crippen LogP contribution >= 0.6 is 0 Å². The lowest BCUT2D eigenvalue weighted by Gasteiger charge is -2.14. The van der Waals surface area contributed by atoms with E-state index >= 15 is 0 Å². The molecule has 1 rings (SSSR count). The first-order valence-corrected chi connectivity index (χ1v) is 6.87. The minimum Gasteiger partial charge on any atom is -0.377 e. The first-order chi connectivity index (χ1) is 7.60. The first-order valence-electron chi connectivity index (χ1n) is 5.32. The molecule has 0 aliphatic carbocycles. The molecule has 0 N–H and O–H groups in total. The zero-order valence-corrected chi connectivity index (χ0v) is 10.4. The summed E-state index contributed by atoms with van der Waals surface area (Å²) < 4.78 is 23.7. The summed E-state index contributed by atoms with van der Waals surface area (Å²) in [4.78, 5) is 2.26. The van der Waals surface area contributed by atoms with Crippen LogP contribution in [0.5, 0.6) is 0 Å². The summed E-state index contributed by atoms with van der Waals surface area (Å²) in [7, 11) is -3.30. The molecule has 0 heterocycles. The molecule has 0 saturated heterocycles. The highest BCUT2D eigenvalue weighted by Gasteiger charge is 2.09. The molecule has 88 valence electrons. The number of sulfone groups is 1. The van der Waals surface area contributed by atoms with Crippen molar-refractivity contribution < 1.29 is 8.42 Å². The average molecular weight is 239 g/mol. The van der Waals surface area contributed by atoms with E-state index in [2.05, 4.69) is 0 Å². The van der Waals surface area contributed by atoms with Gasteiger partial charge < -0.3 is 4.90 Å². The van der Waals surface area contributed by atoms with E-state index in [9.17, 15) is 8.42 Å². The minimum absolute atomic E-state index is 0.332. The van der Waals surface area contributed by atoms with E-state index in [0.717, 1.165) is 13.1 Å². The molecule has 0 amide bonds. The van der Waals surface area contributed by atoms with E-state index in [0.29, 0.717) is 4.90 Å². The number of hydrogen-bond donors (Lipinski definition) is 0. The van der Waals surface area contributed by atoms with Crippen molar-refractivity contribution in [3.05, 3.63) is 41.9 Å². The molecule has 1 aromatic rings. The second-order valence-corrected chi connectivity index (χ2v) is 5.20. The van der Waals surface area contributed by atoms with Gasteiger partial charge in [0.1, 0.15) is 0 Å². The maximum absolute atomic E-state index is 11.9. The van der Waals surface area contributed by atoms with Gasteiger partial charge >= 0.3 is 0 Å². The highest BCUT2D eigenvalue weighted by molar-refractivity contribution is 7.94. The van der Waals surface area contributed by atoms with Crippen molar-refractivity contribution in [1.82, 2.24) is 4.90 Å². The number of hydrogen-bond acceptors (Lipinski definition) is 3. The van der Waals surface area contributed by atoms with Gasteiger partial charge in [0.05, 0.1) is 10.3 Å². The van der Waals surface area contributed by atoms with Gasteiger partial charge in [-0.1, -0.05) is 18.2 Å². The third-order valence-corrected chi connectivity index (χ3v) is 3.74. The summed E-state index contributed by atoms with van der Waals surface area (Å²) in [5, 5.41) is 1.26. The highest BCUT2D eigenvalue weighted by atomic mass is 32.2. The minimum atomic E-state index is -3.30. The molecule has 3 nitrogen and oxygen atoms in total. The van der Waals surface area contributed by atoms with Crippen LogP contribution in [0.3, 0.4) is 0 Å². The topological polar surface area (TPSA) is 37.4 Å². The van der Waals surface area contributed by atoms with Crippen molar-refractivity contribution in [2.45, 2.75) is 18.7 Å². The molecule has 0 aliphatic heterocycles. The molecule has 0 bridgehead atoms. The van der Waals surface area contributed by atoms with Gasteiger partial charge in [0, 0.05) is 19.3 Å². The van der Waals surface area contributed by atoms with Crippen LogP contribution < -0.4 is 0 Å². The number of nitrogens with zero attached hydrogens (tertiary/aromatic N) is 1. The second kappa shape index (κ2) is 5.70. The number of benzene rings is 1. The van der Waals surface area contributed by atoms with Crippen LogP contribution in [-0.4, -0.2) is 26.4 Å². The van der Waals surface area contributed by atoms with Gasteiger partial charge in [-0.3, -0.25) is 0 Å². The Morgan fingerprint density at radius 2 is 1.69 bits per heavy atom. The molecule has 0 spiro atoms. The lowest BCUT2D eigenvalue weighted by molar-refractivity contribution is 0.419. The van der Waals surface area contributed by atoms with E-state index in [4.69, 9.17) is 0 Å². The molecule has 0 atom stereocenters. The fourth-order valence-electron chi connectivity index (χ4n) is 1.29. The third-order valence-electron chi connectivity index (χ3n) is 2.33. The van der Waals surface area contributed by atoms with E-state index in [1.165, 1.54) is 5.41 Å². The Kier molecular flexibility index (Phi) is 4.55. The Bertz CT molecular complexity index is 433. The van der Waals surface area contributed by atoms with Crippen molar-refractivity contribution in [3.63, 3.8) is 0 Å². The summed E-state index contributed by atoms with van der Waals surface area (Å²) in [6.45, 7) is 5.58. The maximum atomic E-state index is 11.9. The Hall–Kier alpha value is -1.29. The second-order valence-electron chi connectivity index (χ2n) is 3.36. The zero-order valence-electron chi connectivity index (χ0n) is 9.63. The van der Waals surface area contributed by atoms with Crippen LogP contribution in [0.25, 0.3) is 0 Å². The van der Waals surface area contributed by atoms with Gasteiger partial charge in [0.25, 0.3) is 0 Å². The average Bonchev–Trinajstić information content (AvgIpc) is 2.31. The van der Waals surface area contributed by atoms with Gasteiger partial charge in [0.2, 0.25) is 9.84 Å². The quantitative estimate of drug-likeness (QED) is 0.791. The molecule has 0 saturated carbocycles. The summed E-state index contributed by atoms with van der Waals surface area (Å²) in [5.74, 6) is 0. The summed E-state index contributed by atoms with van der Waals surface area (Å²) in [5.41, 5.74) is 0. The summed E-state index contributed by atoms with van der Waals surface area (Å²) in [6.07, 6.45) is 1.63. The molecule has 0 aromatic heterocycles. The Morgan fingerprint density at radius 3 is 2.19 bits per heavy atom. The van der Waals surface area contributed by atoms with E-state index in [1.54, 1.807) is 36.5 Å². The van der Waals surface area contributed by atoms with E-state index in [-0.39, 0.29) is 0 Å². The van der Waals surface area contributed by atoms with Crippen molar-refractivity contribution in [1.29, 1.82) is 0 Å². The van der Waals surface area contributed by atoms with Gasteiger partial charge in [0.15, 0.2) is 0 Å². The standard InChI is InChI=1S/C12H17NO2S/c1-3-13(4-2)10-11-16(14,15)12-8-6-5-7-9-12/h5-11H,3-4H2,1-2H3. The van der Waals surface area contributed by atoms with Crippen LogP contribution in [0.15, 0.2) is 46.8 Å². The van der Waals surface area contributed by atoms with Crippen LogP contribution in [0, 0.1) is 0 Å². The summed E-state index contributed by atoms with van der Waals surface area (Å²) in [6, 6.07) is 8.44. The van der Waals surface area contributed by atoms with E-state index < -0.39 is 9.84 Å². The normalized spacial score (nSPS) is 11.9. The smallest absolute Gasteiger partial charge is 0.201 e. The predicted molar refractivity (Wildman–Crippen MR) is 65.7 cm³/mol. The molecule has 0 aliphatic rings. The Labute approximate surface area is 97.3 Å². The Balaban J connectivity index is 2.89. The summed E-state index contributed by atoms with van der Waals surface area (Å²) >= 11 is 0. The van der Waals surface area contributed by atoms with Crippen LogP contribution in [-0.2, 0) is 9.84 Å². The first kappa shape index (κ1) is 12.8.